The fraction of sp³-hybridized carbons (Fsp3) is 0.696. The van der Waals surface area contributed by atoms with E-state index >= 15 is 0 Å². The molecule has 172 valence electrons. The molecule has 2 heterocycles. The highest BCUT2D eigenvalue weighted by atomic mass is 16.2. The van der Waals surface area contributed by atoms with Crippen molar-refractivity contribution in [2.24, 2.45) is 10.4 Å². The Balaban J connectivity index is 1.70. The second-order valence-corrected chi connectivity index (χ2v) is 9.01. The molecular weight excluding hydrogens is 390 g/mol. The topological polar surface area (TPSA) is 76.1 Å². The summed E-state index contributed by atoms with van der Waals surface area (Å²) in [6.07, 6.45) is 5.96. The van der Waals surface area contributed by atoms with Crippen molar-refractivity contribution in [1.82, 2.24) is 25.4 Å². The summed E-state index contributed by atoms with van der Waals surface area (Å²) in [6, 6.07) is 4.09. The van der Waals surface area contributed by atoms with Crippen molar-refractivity contribution >= 4 is 17.7 Å². The first-order chi connectivity index (χ1) is 14.9. The third-order valence-electron chi connectivity index (χ3n) is 6.44. The summed E-state index contributed by atoms with van der Waals surface area (Å²) >= 11 is 0. The molecule has 1 aromatic heterocycles. The number of nitrogens with one attached hydrogen (secondary N) is 2. The Morgan fingerprint density at radius 1 is 1.19 bits per heavy atom. The standard InChI is InChI=1S/C23H39N7O/c1-5-24-22(27-18-23(10-6-7-11-23)21(31)28(2)3)26-17-19-9-8-12-25-20(19)30-15-13-29(4)14-16-30/h8-9,12H,5-7,10-11,13-18H2,1-4H3,(H2,24,26,27). The lowest BCUT2D eigenvalue weighted by Crippen LogP contribution is -2.49. The summed E-state index contributed by atoms with van der Waals surface area (Å²) in [7, 11) is 5.86. The maximum Gasteiger partial charge on any atom is 0.230 e. The first kappa shape index (κ1) is 23.3. The number of hydrogen-bond acceptors (Lipinski definition) is 5. The van der Waals surface area contributed by atoms with Gasteiger partial charge in [0.2, 0.25) is 5.91 Å². The minimum absolute atomic E-state index is 0.220. The van der Waals surface area contributed by atoms with Crippen molar-refractivity contribution in [3.63, 3.8) is 0 Å². The molecule has 1 aromatic rings. The normalized spacial score (nSPS) is 19.4. The Hall–Kier alpha value is -2.35. The SMILES string of the molecule is CCNC(=NCc1cccnc1N1CCN(C)CC1)NCC1(C(=O)N(C)C)CCCC1. The van der Waals surface area contributed by atoms with E-state index in [2.05, 4.69) is 45.5 Å². The number of hydrogen-bond donors (Lipinski definition) is 2. The van der Waals surface area contributed by atoms with Crippen LogP contribution in [0.1, 0.15) is 38.2 Å². The van der Waals surface area contributed by atoms with Gasteiger partial charge >= 0.3 is 0 Å². The summed E-state index contributed by atoms with van der Waals surface area (Å²) in [6.45, 7) is 8.08. The van der Waals surface area contributed by atoms with Crippen LogP contribution >= 0.6 is 0 Å². The lowest BCUT2D eigenvalue weighted by Gasteiger charge is -2.34. The Morgan fingerprint density at radius 2 is 1.90 bits per heavy atom. The Labute approximate surface area is 187 Å². The molecule has 1 aliphatic heterocycles. The molecule has 8 heteroatoms. The smallest absolute Gasteiger partial charge is 0.230 e. The summed E-state index contributed by atoms with van der Waals surface area (Å²) < 4.78 is 0. The van der Waals surface area contributed by atoms with Gasteiger partial charge in [0.1, 0.15) is 5.82 Å². The van der Waals surface area contributed by atoms with Gasteiger partial charge in [-0.15, -0.1) is 0 Å². The van der Waals surface area contributed by atoms with Gasteiger partial charge in [0, 0.05) is 65.1 Å². The van der Waals surface area contributed by atoms with E-state index < -0.39 is 0 Å². The third-order valence-corrected chi connectivity index (χ3v) is 6.44. The van der Waals surface area contributed by atoms with E-state index in [0.29, 0.717) is 13.1 Å². The van der Waals surface area contributed by atoms with Crippen LogP contribution in [-0.4, -0.2) is 87.1 Å². The molecule has 1 saturated carbocycles. The van der Waals surface area contributed by atoms with Crippen molar-refractivity contribution < 1.29 is 4.79 Å². The molecule has 0 aromatic carbocycles. The van der Waals surface area contributed by atoms with Crippen molar-refractivity contribution in [2.45, 2.75) is 39.2 Å². The second-order valence-electron chi connectivity index (χ2n) is 9.01. The quantitative estimate of drug-likeness (QED) is 0.506. The van der Waals surface area contributed by atoms with Gasteiger partial charge in [0.25, 0.3) is 0 Å². The fourth-order valence-electron chi connectivity index (χ4n) is 4.61. The van der Waals surface area contributed by atoms with Crippen molar-refractivity contribution in [3.05, 3.63) is 23.9 Å². The summed E-state index contributed by atoms with van der Waals surface area (Å²) in [5.41, 5.74) is 0.808. The minimum Gasteiger partial charge on any atom is -0.357 e. The van der Waals surface area contributed by atoms with Crippen molar-refractivity contribution in [2.75, 3.05) is 65.3 Å². The van der Waals surface area contributed by atoms with E-state index in [0.717, 1.165) is 75.7 Å². The van der Waals surface area contributed by atoms with Crippen molar-refractivity contribution in [1.29, 1.82) is 0 Å². The summed E-state index contributed by atoms with van der Waals surface area (Å²) in [5.74, 6) is 2.01. The molecule has 2 aliphatic rings. The number of nitrogens with zero attached hydrogens (tertiary/aromatic N) is 5. The average Bonchev–Trinajstić information content (AvgIpc) is 3.26. The highest BCUT2D eigenvalue weighted by Crippen LogP contribution is 2.38. The van der Waals surface area contributed by atoms with E-state index in [1.54, 1.807) is 4.90 Å². The van der Waals surface area contributed by atoms with E-state index in [4.69, 9.17) is 4.99 Å². The highest BCUT2D eigenvalue weighted by Gasteiger charge is 2.42. The summed E-state index contributed by atoms with van der Waals surface area (Å²) in [5, 5.41) is 6.81. The number of piperazine rings is 1. The van der Waals surface area contributed by atoms with Gasteiger partial charge < -0.3 is 25.3 Å². The number of carbonyl (C=O) groups excluding carboxylic acids is 1. The van der Waals surface area contributed by atoms with Crippen LogP contribution in [0.5, 0.6) is 0 Å². The third kappa shape index (κ3) is 5.87. The number of carbonyl (C=O) groups is 1. The van der Waals surface area contributed by atoms with Crippen LogP contribution < -0.4 is 15.5 Å². The van der Waals surface area contributed by atoms with Crippen LogP contribution in [0, 0.1) is 5.41 Å². The Morgan fingerprint density at radius 3 is 2.55 bits per heavy atom. The van der Waals surface area contributed by atoms with Gasteiger partial charge in [-0.1, -0.05) is 18.9 Å². The van der Waals surface area contributed by atoms with Gasteiger partial charge in [0.15, 0.2) is 5.96 Å². The first-order valence-corrected chi connectivity index (χ1v) is 11.6. The molecule has 0 unspecified atom stereocenters. The van der Waals surface area contributed by atoms with Gasteiger partial charge in [-0.05, 0) is 32.9 Å². The van der Waals surface area contributed by atoms with Crippen LogP contribution in [0.3, 0.4) is 0 Å². The number of pyridine rings is 1. The molecule has 2 fully saturated rings. The second kappa shape index (κ2) is 10.8. The molecule has 0 radical (unpaired) electrons. The average molecular weight is 430 g/mol. The number of rotatable bonds is 7. The zero-order valence-corrected chi connectivity index (χ0v) is 19.7. The minimum atomic E-state index is -0.320. The van der Waals surface area contributed by atoms with Crippen LogP contribution in [0.4, 0.5) is 5.82 Å². The molecule has 1 saturated heterocycles. The molecule has 0 bridgehead atoms. The molecule has 31 heavy (non-hydrogen) atoms. The lowest BCUT2D eigenvalue weighted by atomic mass is 9.84. The number of aromatic nitrogens is 1. The van der Waals surface area contributed by atoms with Gasteiger partial charge in [-0.2, -0.15) is 0 Å². The predicted molar refractivity (Wildman–Crippen MR) is 126 cm³/mol. The van der Waals surface area contributed by atoms with Gasteiger partial charge in [-0.3, -0.25) is 4.79 Å². The maximum absolute atomic E-state index is 12.9. The van der Waals surface area contributed by atoms with Gasteiger partial charge in [-0.25, -0.2) is 9.98 Å². The van der Waals surface area contributed by atoms with E-state index in [-0.39, 0.29) is 11.3 Å². The van der Waals surface area contributed by atoms with Gasteiger partial charge in [0.05, 0.1) is 12.0 Å². The molecule has 2 N–H and O–H groups in total. The predicted octanol–water partition coefficient (Wildman–Crippen LogP) is 1.54. The molecule has 1 aliphatic carbocycles. The number of anilines is 1. The van der Waals surface area contributed by atoms with E-state index in [1.165, 1.54) is 0 Å². The number of aliphatic imine (C=N–C) groups is 1. The van der Waals surface area contributed by atoms with E-state index in [9.17, 15) is 4.79 Å². The largest absolute Gasteiger partial charge is 0.357 e. The van der Waals surface area contributed by atoms with Crippen LogP contribution in [-0.2, 0) is 11.3 Å². The molecular formula is C23H39N7O. The molecule has 0 atom stereocenters. The van der Waals surface area contributed by atoms with Crippen LogP contribution in [0.2, 0.25) is 0 Å². The Bertz CT molecular complexity index is 750. The number of likely N-dealkylation sites (N-methyl/N-ethyl adjacent to an activating group) is 1. The number of amides is 1. The monoisotopic (exact) mass is 429 g/mol. The first-order valence-electron chi connectivity index (χ1n) is 11.6. The maximum atomic E-state index is 12.9. The number of guanidine groups is 1. The fourth-order valence-corrected chi connectivity index (χ4v) is 4.61. The molecule has 0 spiro atoms. The molecule has 1 amide bonds. The zero-order valence-electron chi connectivity index (χ0n) is 19.7. The van der Waals surface area contributed by atoms with Crippen LogP contribution in [0.25, 0.3) is 0 Å². The summed E-state index contributed by atoms with van der Waals surface area (Å²) in [4.78, 5) is 28.8. The van der Waals surface area contributed by atoms with E-state index in [1.807, 2.05) is 26.4 Å². The molecule has 3 rings (SSSR count). The molecule has 8 nitrogen and oxygen atoms in total. The zero-order chi connectivity index (χ0) is 22.3. The van der Waals surface area contributed by atoms with Crippen LogP contribution in [0.15, 0.2) is 23.3 Å². The lowest BCUT2D eigenvalue weighted by molar-refractivity contribution is -0.138. The Kier molecular flexibility index (Phi) is 8.12. The van der Waals surface area contributed by atoms with Crippen molar-refractivity contribution in [3.8, 4) is 0 Å². The highest BCUT2D eigenvalue weighted by molar-refractivity contribution is 5.85.